The van der Waals surface area contributed by atoms with Crippen LogP contribution in [0.25, 0.3) is 32.3 Å². The van der Waals surface area contributed by atoms with Crippen LogP contribution in [0.2, 0.25) is 0 Å². The van der Waals surface area contributed by atoms with E-state index in [0.717, 1.165) is 39.7 Å². The monoisotopic (exact) mass is 347 g/mol. The standard InChI is InChI=1S/C21H17NO2S/c1-12-6-8-17-19(10-12)25-20(22-17)16-11-15-14-5-3-2-4-13(14)7-9-18(15)24-21(16)23/h2-5,7,9,11-12H,6,8,10H2,1H3. The van der Waals surface area contributed by atoms with Gasteiger partial charge < -0.3 is 4.42 Å². The SMILES string of the molecule is CC1CCc2nc(-c3cc4c(ccc5ccccc54)oc3=O)sc2C1. The van der Waals surface area contributed by atoms with E-state index in [9.17, 15) is 4.79 Å². The molecule has 0 bridgehead atoms. The van der Waals surface area contributed by atoms with Crippen LogP contribution in [-0.4, -0.2) is 4.98 Å². The summed E-state index contributed by atoms with van der Waals surface area (Å²) in [4.78, 5) is 18.6. The highest BCUT2D eigenvalue weighted by Gasteiger charge is 2.22. The molecule has 0 N–H and O–H groups in total. The Morgan fingerprint density at radius 2 is 2.04 bits per heavy atom. The fourth-order valence-corrected chi connectivity index (χ4v) is 4.95. The average molecular weight is 347 g/mol. The Morgan fingerprint density at radius 1 is 1.16 bits per heavy atom. The van der Waals surface area contributed by atoms with Crippen molar-refractivity contribution in [2.45, 2.75) is 26.2 Å². The Balaban J connectivity index is 1.75. The minimum atomic E-state index is -0.304. The topological polar surface area (TPSA) is 43.1 Å². The fourth-order valence-electron chi connectivity index (χ4n) is 3.68. The van der Waals surface area contributed by atoms with Gasteiger partial charge in [-0.05, 0) is 48.1 Å². The van der Waals surface area contributed by atoms with Gasteiger partial charge in [-0.25, -0.2) is 9.78 Å². The largest absolute Gasteiger partial charge is 0.422 e. The van der Waals surface area contributed by atoms with Gasteiger partial charge >= 0.3 is 5.63 Å². The summed E-state index contributed by atoms with van der Waals surface area (Å²) in [7, 11) is 0. The fraction of sp³-hybridized carbons (Fsp3) is 0.238. The van der Waals surface area contributed by atoms with Gasteiger partial charge in [-0.3, -0.25) is 0 Å². The zero-order valence-corrected chi connectivity index (χ0v) is 14.7. The van der Waals surface area contributed by atoms with Crippen molar-refractivity contribution in [3.8, 4) is 10.6 Å². The Labute approximate surface area is 148 Å². The van der Waals surface area contributed by atoms with Crippen LogP contribution in [0, 0.1) is 5.92 Å². The van der Waals surface area contributed by atoms with Gasteiger partial charge in [0.05, 0.1) is 11.3 Å². The van der Waals surface area contributed by atoms with Gasteiger partial charge in [-0.2, -0.15) is 0 Å². The van der Waals surface area contributed by atoms with E-state index >= 15 is 0 Å². The predicted molar refractivity (Wildman–Crippen MR) is 102 cm³/mol. The van der Waals surface area contributed by atoms with E-state index in [0.29, 0.717) is 17.1 Å². The molecule has 0 spiro atoms. The molecule has 124 valence electrons. The zero-order valence-electron chi connectivity index (χ0n) is 13.9. The number of aromatic nitrogens is 1. The number of rotatable bonds is 1. The number of benzene rings is 2. The first kappa shape index (κ1) is 14.8. The van der Waals surface area contributed by atoms with Gasteiger partial charge in [0.1, 0.15) is 10.6 Å². The third-order valence-electron chi connectivity index (χ3n) is 5.06. The first-order valence-electron chi connectivity index (χ1n) is 8.63. The number of hydrogen-bond donors (Lipinski definition) is 0. The van der Waals surface area contributed by atoms with Crippen molar-refractivity contribution >= 4 is 33.1 Å². The molecule has 4 heteroatoms. The van der Waals surface area contributed by atoms with Crippen LogP contribution in [-0.2, 0) is 12.8 Å². The smallest absolute Gasteiger partial charge is 0.346 e. The van der Waals surface area contributed by atoms with Crippen molar-refractivity contribution in [2.24, 2.45) is 5.92 Å². The Hall–Kier alpha value is -2.46. The van der Waals surface area contributed by atoms with E-state index in [1.54, 1.807) is 11.3 Å². The second-order valence-electron chi connectivity index (χ2n) is 6.88. The third-order valence-corrected chi connectivity index (χ3v) is 6.21. The molecular formula is C21H17NO2S. The Kier molecular flexibility index (Phi) is 3.28. The maximum atomic E-state index is 12.5. The van der Waals surface area contributed by atoms with E-state index < -0.39 is 0 Å². The highest BCUT2D eigenvalue weighted by atomic mass is 32.1. The molecule has 0 amide bonds. The highest BCUT2D eigenvalue weighted by Crippen LogP contribution is 2.35. The van der Waals surface area contributed by atoms with Gasteiger partial charge in [0, 0.05) is 10.3 Å². The quantitative estimate of drug-likeness (QED) is 0.351. The normalized spacial score (nSPS) is 17.1. The summed E-state index contributed by atoms with van der Waals surface area (Å²) >= 11 is 1.65. The third kappa shape index (κ3) is 2.40. The van der Waals surface area contributed by atoms with E-state index in [1.165, 1.54) is 11.3 Å². The Bertz CT molecular complexity index is 1170. The maximum Gasteiger partial charge on any atom is 0.346 e. The molecular weight excluding hydrogens is 330 g/mol. The van der Waals surface area contributed by atoms with E-state index in [4.69, 9.17) is 9.40 Å². The molecule has 2 aromatic heterocycles. The molecule has 0 saturated heterocycles. The highest BCUT2D eigenvalue weighted by molar-refractivity contribution is 7.15. The first-order chi connectivity index (χ1) is 12.2. The lowest BCUT2D eigenvalue weighted by molar-refractivity contribution is 0.502. The lowest BCUT2D eigenvalue weighted by Gasteiger charge is -2.15. The summed E-state index contributed by atoms with van der Waals surface area (Å²) in [6, 6.07) is 14.0. The predicted octanol–water partition coefficient (Wildman–Crippen LogP) is 5.19. The molecule has 4 aromatic rings. The number of hydrogen-bond acceptors (Lipinski definition) is 4. The van der Waals surface area contributed by atoms with Crippen LogP contribution < -0.4 is 5.63 Å². The van der Waals surface area contributed by atoms with Crippen molar-refractivity contribution in [3.05, 3.63) is 63.5 Å². The van der Waals surface area contributed by atoms with Crippen molar-refractivity contribution in [3.63, 3.8) is 0 Å². The zero-order chi connectivity index (χ0) is 17.0. The molecule has 2 heterocycles. The molecule has 2 aromatic carbocycles. The molecule has 1 unspecified atom stereocenters. The maximum absolute atomic E-state index is 12.5. The summed E-state index contributed by atoms with van der Waals surface area (Å²) in [5, 5.41) is 4.00. The van der Waals surface area contributed by atoms with Gasteiger partial charge in [-0.1, -0.05) is 37.3 Å². The average Bonchev–Trinajstić information content (AvgIpc) is 3.03. The van der Waals surface area contributed by atoms with Crippen LogP contribution in [0.15, 0.2) is 51.7 Å². The summed E-state index contributed by atoms with van der Waals surface area (Å²) < 4.78 is 5.62. The van der Waals surface area contributed by atoms with Gasteiger partial charge in [-0.15, -0.1) is 11.3 Å². The van der Waals surface area contributed by atoms with Crippen LogP contribution >= 0.6 is 11.3 Å². The minimum absolute atomic E-state index is 0.304. The Morgan fingerprint density at radius 3 is 2.96 bits per heavy atom. The number of nitrogens with zero attached hydrogens (tertiary/aromatic N) is 1. The van der Waals surface area contributed by atoms with Crippen LogP contribution in [0.4, 0.5) is 0 Å². The molecule has 1 aliphatic carbocycles. The van der Waals surface area contributed by atoms with E-state index in [2.05, 4.69) is 19.1 Å². The van der Waals surface area contributed by atoms with E-state index in [-0.39, 0.29) is 5.63 Å². The second-order valence-corrected chi connectivity index (χ2v) is 7.97. The van der Waals surface area contributed by atoms with Gasteiger partial charge in [0.15, 0.2) is 0 Å². The number of fused-ring (bicyclic) bond motifs is 4. The van der Waals surface area contributed by atoms with Crippen LogP contribution in [0.5, 0.6) is 0 Å². The van der Waals surface area contributed by atoms with Crippen molar-refractivity contribution in [1.82, 2.24) is 4.98 Å². The molecule has 0 fully saturated rings. The molecule has 0 saturated carbocycles. The second kappa shape index (κ2) is 5.53. The number of thiazole rings is 1. The van der Waals surface area contributed by atoms with Crippen LogP contribution in [0.1, 0.15) is 23.9 Å². The molecule has 0 radical (unpaired) electrons. The van der Waals surface area contributed by atoms with Crippen LogP contribution in [0.3, 0.4) is 0 Å². The molecule has 1 atom stereocenters. The molecule has 0 aliphatic heterocycles. The van der Waals surface area contributed by atoms with Crippen molar-refractivity contribution < 1.29 is 4.42 Å². The molecule has 3 nitrogen and oxygen atoms in total. The summed E-state index contributed by atoms with van der Waals surface area (Å²) in [6.45, 7) is 2.28. The van der Waals surface area contributed by atoms with Crippen molar-refractivity contribution in [1.29, 1.82) is 0 Å². The molecule has 1 aliphatic rings. The minimum Gasteiger partial charge on any atom is -0.422 e. The number of aryl methyl sites for hydroxylation is 1. The molecule has 5 rings (SSSR count). The van der Waals surface area contributed by atoms with E-state index in [1.807, 2.05) is 30.3 Å². The molecule has 25 heavy (non-hydrogen) atoms. The summed E-state index contributed by atoms with van der Waals surface area (Å²) in [5.41, 5.74) is 2.07. The summed E-state index contributed by atoms with van der Waals surface area (Å²) in [6.07, 6.45) is 3.25. The van der Waals surface area contributed by atoms with Crippen molar-refractivity contribution in [2.75, 3.05) is 0 Å². The lowest BCUT2D eigenvalue weighted by atomic mass is 9.93. The van der Waals surface area contributed by atoms with Gasteiger partial charge in [0.2, 0.25) is 0 Å². The summed E-state index contributed by atoms with van der Waals surface area (Å²) in [5.74, 6) is 0.692. The van der Waals surface area contributed by atoms with Gasteiger partial charge in [0.25, 0.3) is 0 Å². The first-order valence-corrected chi connectivity index (χ1v) is 9.45. The lowest BCUT2D eigenvalue weighted by Crippen LogP contribution is -2.09.